The van der Waals surface area contributed by atoms with E-state index in [9.17, 15) is 0 Å². The summed E-state index contributed by atoms with van der Waals surface area (Å²) in [6.07, 6.45) is 7.75. The van der Waals surface area contributed by atoms with Crippen LogP contribution in [0, 0.1) is 11.8 Å². The first-order valence-corrected chi connectivity index (χ1v) is 6.73. The number of unbranched alkanes of at least 4 members (excludes halogenated alkanes) is 2. The summed E-state index contributed by atoms with van der Waals surface area (Å²) in [5.41, 5.74) is 0. The van der Waals surface area contributed by atoms with Crippen LogP contribution < -0.4 is 0 Å². The van der Waals surface area contributed by atoms with Gasteiger partial charge in [-0.1, -0.05) is 19.3 Å². The maximum Gasteiger partial charge on any atom is 0.118 e. The molecule has 0 saturated carbocycles. The fraction of sp³-hybridized carbons (Fsp3) is 0.800. The van der Waals surface area contributed by atoms with Crippen LogP contribution in [0.4, 0.5) is 0 Å². The monoisotopic (exact) mass is 202 g/mol. The van der Waals surface area contributed by atoms with Gasteiger partial charge in [0.05, 0.1) is 0 Å². The van der Waals surface area contributed by atoms with Crippen LogP contribution in [-0.4, -0.2) is 16.6 Å². The Hall–Kier alpha value is 0.260. The number of hydrogen-bond acceptors (Lipinski definition) is 2. The van der Waals surface area contributed by atoms with E-state index in [0.717, 1.165) is 6.42 Å². The quantitative estimate of drug-likeness (QED) is 0.388. The largest absolute Gasteiger partial charge is 0.135 e. The molecule has 0 N–H and O–H groups in total. The summed E-state index contributed by atoms with van der Waals surface area (Å²) in [6.45, 7) is 4.38. The fourth-order valence-electron chi connectivity index (χ4n) is 0.674. The van der Waals surface area contributed by atoms with Crippen molar-refractivity contribution < 1.29 is 0 Å². The molecular formula is C10H18S2. The van der Waals surface area contributed by atoms with Crippen molar-refractivity contribution in [3.8, 4) is 11.8 Å². The van der Waals surface area contributed by atoms with Crippen LogP contribution in [0.15, 0.2) is 0 Å². The van der Waals surface area contributed by atoms with Crippen LogP contribution in [0.25, 0.3) is 0 Å². The lowest BCUT2D eigenvalue weighted by atomic mass is 10.2. The molecule has 0 saturated heterocycles. The molecule has 0 aliphatic rings. The predicted octanol–water partition coefficient (Wildman–Crippen LogP) is 3.62. The first-order valence-electron chi connectivity index (χ1n) is 4.29. The van der Waals surface area contributed by atoms with Gasteiger partial charge in [0.1, 0.15) is 4.08 Å². The molecule has 0 nitrogen and oxygen atoms in total. The molecule has 0 atom stereocenters. The summed E-state index contributed by atoms with van der Waals surface area (Å²) in [4.78, 5) is 0. The topological polar surface area (TPSA) is 0 Å². The third-order valence-electron chi connectivity index (χ3n) is 1.75. The summed E-state index contributed by atoms with van der Waals surface area (Å²) >= 11 is 3.64. The van der Waals surface area contributed by atoms with Crippen molar-refractivity contribution in [2.75, 3.05) is 12.5 Å². The van der Waals surface area contributed by atoms with Crippen molar-refractivity contribution in [3.63, 3.8) is 0 Å². The highest BCUT2D eigenvalue weighted by atomic mass is 32.2. The third-order valence-corrected chi connectivity index (χ3v) is 4.51. The Morgan fingerprint density at radius 3 is 2.25 bits per heavy atom. The second-order valence-corrected chi connectivity index (χ2v) is 5.47. The van der Waals surface area contributed by atoms with Gasteiger partial charge < -0.3 is 0 Å². The van der Waals surface area contributed by atoms with E-state index in [2.05, 4.69) is 38.2 Å². The Morgan fingerprint density at radius 2 is 1.83 bits per heavy atom. The molecule has 70 valence electrons. The second-order valence-electron chi connectivity index (χ2n) is 2.76. The van der Waals surface area contributed by atoms with Crippen LogP contribution in [0.1, 0.15) is 33.1 Å². The molecule has 0 heterocycles. The van der Waals surface area contributed by atoms with Crippen molar-refractivity contribution in [2.24, 2.45) is 0 Å². The summed E-state index contributed by atoms with van der Waals surface area (Å²) in [5.74, 6) is 6.54. The molecule has 0 bridgehead atoms. The predicted molar refractivity (Wildman–Crippen MR) is 62.7 cm³/mol. The Kier molecular flexibility index (Phi) is 6.89. The van der Waals surface area contributed by atoms with Crippen molar-refractivity contribution in [3.05, 3.63) is 0 Å². The maximum atomic E-state index is 3.31. The Balaban J connectivity index is 3.88. The van der Waals surface area contributed by atoms with Crippen molar-refractivity contribution in [1.29, 1.82) is 0 Å². The zero-order valence-electron chi connectivity index (χ0n) is 8.44. The lowest BCUT2D eigenvalue weighted by Crippen LogP contribution is -2.09. The van der Waals surface area contributed by atoms with Gasteiger partial charge in [0, 0.05) is 6.42 Å². The average Bonchev–Trinajstić information content (AvgIpc) is 2.12. The maximum absolute atomic E-state index is 3.31. The molecule has 0 aromatic rings. The molecular weight excluding hydrogens is 184 g/mol. The van der Waals surface area contributed by atoms with E-state index in [4.69, 9.17) is 0 Å². The highest BCUT2D eigenvalue weighted by molar-refractivity contribution is 8.18. The molecule has 0 radical (unpaired) electrons. The van der Waals surface area contributed by atoms with Crippen molar-refractivity contribution in [2.45, 2.75) is 37.2 Å². The minimum Gasteiger partial charge on any atom is -0.135 e. The molecule has 0 aromatic heterocycles. The summed E-state index contributed by atoms with van der Waals surface area (Å²) in [7, 11) is 0. The first-order chi connectivity index (χ1) is 5.68. The number of rotatable bonds is 4. The van der Waals surface area contributed by atoms with Gasteiger partial charge in [-0.3, -0.25) is 0 Å². The first kappa shape index (κ1) is 12.3. The van der Waals surface area contributed by atoms with Crippen LogP contribution >= 0.6 is 23.5 Å². The molecule has 12 heavy (non-hydrogen) atoms. The van der Waals surface area contributed by atoms with Gasteiger partial charge in [-0.05, 0) is 25.9 Å². The van der Waals surface area contributed by atoms with Crippen LogP contribution in [-0.2, 0) is 0 Å². The summed E-state index contributed by atoms with van der Waals surface area (Å²) in [6, 6.07) is 0. The highest BCUT2D eigenvalue weighted by Crippen LogP contribution is 2.32. The highest BCUT2D eigenvalue weighted by Gasteiger charge is 2.16. The third kappa shape index (κ3) is 5.00. The molecule has 0 aliphatic heterocycles. The number of hydrogen-bond donors (Lipinski definition) is 0. The van der Waals surface area contributed by atoms with Crippen LogP contribution in [0.3, 0.4) is 0 Å². The van der Waals surface area contributed by atoms with Crippen molar-refractivity contribution in [1.82, 2.24) is 0 Å². The average molecular weight is 202 g/mol. The van der Waals surface area contributed by atoms with Gasteiger partial charge in [-0.15, -0.1) is 29.4 Å². The van der Waals surface area contributed by atoms with Gasteiger partial charge in [-0.2, -0.15) is 0 Å². The Labute approximate surface area is 85.3 Å². The minimum absolute atomic E-state index is 0.105. The smallest absolute Gasteiger partial charge is 0.118 e. The Bertz CT molecular complexity index is 160. The molecule has 0 fully saturated rings. The van der Waals surface area contributed by atoms with Gasteiger partial charge in [0.25, 0.3) is 0 Å². The van der Waals surface area contributed by atoms with E-state index >= 15 is 0 Å². The van der Waals surface area contributed by atoms with E-state index in [-0.39, 0.29) is 4.08 Å². The zero-order chi connectivity index (χ0) is 9.45. The van der Waals surface area contributed by atoms with Crippen LogP contribution in [0.2, 0.25) is 0 Å². The molecule has 0 amide bonds. The molecule has 2 heteroatoms. The van der Waals surface area contributed by atoms with Gasteiger partial charge in [-0.25, -0.2) is 0 Å². The van der Waals surface area contributed by atoms with Gasteiger partial charge in [0.15, 0.2) is 0 Å². The van der Waals surface area contributed by atoms with E-state index < -0.39 is 0 Å². The minimum atomic E-state index is 0.105. The van der Waals surface area contributed by atoms with E-state index in [1.807, 2.05) is 23.5 Å². The van der Waals surface area contributed by atoms with E-state index in [0.29, 0.717) is 0 Å². The van der Waals surface area contributed by atoms with E-state index in [1.165, 1.54) is 12.8 Å². The Morgan fingerprint density at radius 1 is 1.25 bits per heavy atom. The fourth-order valence-corrected chi connectivity index (χ4v) is 1.69. The molecule has 0 rings (SSSR count). The summed E-state index contributed by atoms with van der Waals surface area (Å²) in [5, 5.41) is 0. The van der Waals surface area contributed by atoms with E-state index in [1.54, 1.807) is 0 Å². The van der Waals surface area contributed by atoms with Gasteiger partial charge in [0.2, 0.25) is 0 Å². The molecule has 0 aliphatic carbocycles. The lowest BCUT2D eigenvalue weighted by molar-refractivity contribution is 0.827. The van der Waals surface area contributed by atoms with Crippen molar-refractivity contribution >= 4 is 23.5 Å². The SMILES string of the molecule is CCCCC#CC(C)(SC)SC. The standard InChI is InChI=1S/C10H18S2/c1-5-6-7-8-9-10(2,11-3)12-4/h5-7H2,1-4H3. The van der Waals surface area contributed by atoms with Crippen LogP contribution in [0.5, 0.6) is 0 Å². The number of thioether (sulfide) groups is 2. The lowest BCUT2D eigenvalue weighted by Gasteiger charge is -2.16. The normalized spacial score (nSPS) is 10.7. The second kappa shape index (κ2) is 6.74. The molecule has 0 aromatic carbocycles. The zero-order valence-corrected chi connectivity index (χ0v) is 10.1. The molecule has 0 spiro atoms. The molecule has 0 unspecified atom stereocenters. The van der Waals surface area contributed by atoms with Gasteiger partial charge >= 0.3 is 0 Å². The summed E-state index contributed by atoms with van der Waals surface area (Å²) < 4.78 is 0.105.